The zero-order chi connectivity index (χ0) is 3.86. The van der Waals surface area contributed by atoms with Crippen LogP contribution in [0.1, 0.15) is 0 Å². The molecule has 3 heteroatoms. The fourth-order valence-electron chi connectivity index (χ4n) is 0.0832. The van der Waals surface area contributed by atoms with E-state index in [0.717, 1.165) is 0 Å². The number of carbonyl (C=O) groups excluding carboxylic acids is 1. The number of hydrogen-bond acceptors (Lipinski definition) is 1. The van der Waals surface area contributed by atoms with E-state index < -0.39 is 0 Å². The highest BCUT2D eigenvalue weighted by atomic mass is 35.5. The summed E-state index contributed by atoms with van der Waals surface area (Å²) in [6.45, 7) is 0. The standard InChI is InChI=1S/C2H2ClNO/c3-1-2(5)4-1/h1H,(H,4,5). The van der Waals surface area contributed by atoms with Crippen molar-refractivity contribution in [3.8, 4) is 0 Å². The number of amides is 1. The molecular weight excluding hydrogens is 89.5 g/mol. The molecular formula is C2H2ClNO. The maximum Gasteiger partial charge on any atom is 0.259 e. The van der Waals surface area contributed by atoms with Gasteiger partial charge in [-0.15, -0.1) is 0 Å². The quantitative estimate of drug-likeness (QED) is 0.248. The van der Waals surface area contributed by atoms with Gasteiger partial charge in [0.2, 0.25) is 0 Å². The van der Waals surface area contributed by atoms with E-state index in [4.69, 9.17) is 11.6 Å². The Hall–Kier alpha value is -0.240. The lowest BCUT2D eigenvalue weighted by atomic mass is 10.9. The number of carbonyl (C=O) groups is 1. The third-order valence-corrected chi connectivity index (χ3v) is 0.723. The van der Waals surface area contributed by atoms with Crippen molar-refractivity contribution in [2.45, 2.75) is 5.50 Å². The molecule has 0 saturated carbocycles. The van der Waals surface area contributed by atoms with Gasteiger partial charge in [0.1, 0.15) is 0 Å². The molecule has 1 atom stereocenters. The Morgan fingerprint density at radius 2 is 2.20 bits per heavy atom. The molecule has 0 aromatic heterocycles. The Labute approximate surface area is 34.1 Å². The van der Waals surface area contributed by atoms with Crippen molar-refractivity contribution in [1.82, 2.24) is 5.32 Å². The third kappa shape index (κ3) is 0.351. The zero-order valence-electron chi connectivity index (χ0n) is 2.36. The van der Waals surface area contributed by atoms with Gasteiger partial charge in [-0.25, -0.2) is 0 Å². The van der Waals surface area contributed by atoms with Crippen molar-refractivity contribution in [2.24, 2.45) is 0 Å². The van der Waals surface area contributed by atoms with Crippen LogP contribution in [0.2, 0.25) is 0 Å². The molecule has 1 unspecified atom stereocenters. The lowest BCUT2D eigenvalue weighted by Crippen LogP contribution is -1.68. The van der Waals surface area contributed by atoms with Crippen molar-refractivity contribution in [3.05, 3.63) is 0 Å². The van der Waals surface area contributed by atoms with E-state index in [1.54, 1.807) is 0 Å². The molecule has 0 spiro atoms. The molecule has 0 aromatic carbocycles. The first-order valence-corrected chi connectivity index (χ1v) is 1.69. The molecule has 1 amide bonds. The summed E-state index contributed by atoms with van der Waals surface area (Å²) in [6, 6.07) is 0. The first-order valence-electron chi connectivity index (χ1n) is 1.25. The largest absolute Gasteiger partial charge is 0.329 e. The SMILES string of the molecule is O=C1NC1Cl. The van der Waals surface area contributed by atoms with Crippen molar-refractivity contribution in [2.75, 3.05) is 0 Å². The van der Waals surface area contributed by atoms with Crippen LogP contribution in [-0.4, -0.2) is 11.4 Å². The van der Waals surface area contributed by atoms with Crippen LogP contribution in [0.25, 0.3) is 0 Å². The summed E-state index contributed by atoms with van der Waals surface area (Å²) in [5.41, 5.74) is -0.366. The van der Waals surface area contributed by atoms with Crippen LogP contribution in [0.15, 0.2) is 0 Å². The van der Waals surface area contributed by atoms with Crippen molar-refractivity contribution < 1.29 is 4.79 Å². The first-order chi connectivity index (χ1) is 2.30. The van der Waals surface area contributed by atoms with Crippen LogP contribution in [0, 0.1) is 0 Å². The molecule has 1 heterocycles. The molecule has 0 aliphatic carbocycles. The van der Waals surface area contributed by atoms with Crippen molar-refractivity contribution in [3.63, 3.8) is 0 Å². The first kappa shape index (κ1) is 2.97. The topological polar surface area (TPSA) is 39.0 Å². The Balaban J connectivity index is 2.47. The maximum absolute atomic E-state index is 9.64. The minimum atomic E-state index is -0.366. The van der Waals surface area contributed by atoms with Gasteiger partial charge < -0.3 is 5.32 Å². The molecule has 1 aliphatic heterocycles. The van der Waals surface area contributed by atoms with E-state index in [0.29, 0.717) is 0 Å². The summed E-state index contributed by atoms with van der Waals surface area (Å²) >= 11 is 5.08. The molecule has 0 bridgehead atoms. The second-order valence-electron chi connectivity index (χ2n) is 0.871. The van der Waals surface area contributed by atoms with Gasteiger partial charge in [0.25, 0.3) is 5.91 Å². The average Bonchev–Trinajstić information content (AvgIpc) is 1.79. The molecule has 28 valence electrons. The normalized spacial score (nSPS) is 33.0. The van der Waals surface area contributed by atoms with Crippen LogP contribution in [0.4, 0.5) is 0 Å². The number of halogens is 1. The lowest BCUT2D eigenvalue weighted by molar-refractivity contribution is -0.110. The van der Waals surface area contributed by atoms with Gasteiger partial charge in [-0.1, -0.05) is 11.6 Å². The molecule has 5 heavy (non-hydrogen) atoms. The van der Waals surface area contributed by atoms with E-state index in [9.17, 15) is 4.79 Å². The predicted molar refractivity (Wildman–Crippen MR) is 17.8 cm³/mol. The van der Waals surface area contributed by atoms with Crippen LogP contribution in [0.5, 0.6) is 0 Å². The summed E-state index contributed by atoms with van der Waals surface area (Å²) in [7, 11) is 0. The average molecular weight is 91.5 g/mol. The Morgan fingerprint density at radius 3 is 2.20 bits per heavy atom. The molecule has 0 radical (unpaired) electrons. The molecule has 1 fully saturated rings. The van der Waals surface area contributed by atoms with Crippen LogP contribution < -0.4 is 5.32 Å². The van der Waals surface area contributed by atoms with Gasteiger partial charge >= 0.3 is 0 Å². The summed E-state index contributed by atoms with van der Waals surface area (Å²) in [6.07, 6.45) is 0. The van der Waals surface area contributed by atoms with E-state index in [-0.39, 0.29) is 11.4 Å². The minimum Gasteiger partial charge on any atom is -0.329 e. The molecule has 1 N–H and O–H groups in total. The number of alkyl halides is 1. The smallest absolute Gasteiger partial charge is 0.259 e. The lowest BCUT2D eigenvalue weighted by Gasteiger charge is -1.46. The second kappa shape index (κ2) is 0.627. The van der Waals surface area contributed by atoms with Crippen LogP contribution in [0.3, 0.4) is 0 Å². The Kier molecular flexibility index (Phi) is 0.372. The maximum atomic E-state index is 9.64. The van der Waals surface area contributed by atoms with Crippen LogP contribution in [-0.2, 0) is 4.79 Å². The molecule has 1 rings (SSSR count). The summed E-state index contributed by atoms with van der Waals surface area (Å²) < 4.78 is 0. The van der Waals surface area contributed by atoms with E-state index in [1.165, 1.54) is 0 Å². The van der Waals surface area contributed by atoms with Gasteiger partial charge in [-0.2, -0.15) is 0 Å². The summed E-state index contributed by atoms with van der Waals surface area (Å²) in [5.74, 6) is -0.0633. The number of hydrogen-bond donors (Lipinski definition) is 1. The summed E-state index contributed by atoms with van der Waals surface area (Å²) in [5, 5.41) is 2.32. The van der Waals surface area contributed by atoms with E-state index >= 15 is 0 Å². The van der Waals surface area contributed by atoms with Crippen molar-refractivity contribution in [1.29, 1.82) is 0 Å². The highest BCUT2D eigenvalue weighted by Crippen LogP contribution is 2.02. The van der Waals surface area contributed by atoms with E-state index in [2.05, 4.69) is 5.32 Å². The predicted octanol–water partition coefficient (Wildman–Crippen LogP) is -0.319. The van der Waals surface area contributed by atoms with Gasteiger partial charge in [0, 0.05) is 0 Å². The molecule has 1 saturated heterocycles. The van der Waals surface area contributed by atoms with Gasteiger partial charge in [-0.05, 0) is 0 Å². The Bertz CT molecular complexity index is 72.0. The van der Waals surface area contributed by atoms with Crippen LogP contribution >= 0.6 is 11.6 Å². The fraction of sp³-hybridized carbons (Fsp3) is 0.500. The highest BCUT2D eigenvalue weighted by Gasteiger charge is 2.29. The highest BCUT2D eigenvalue weighted by molar-refractivity contribution is 6.37. The molecule has 0 aromatic rings. The van der Waals surface area contributed by atoms with Crippen molar-refractivity contribution >= 4 is 17.5 Å². The molecule has 1 aliphatic rings. The Morgan fingerprint density at radius 1 is 2.00 bits per heavy atom. The summed E-state index contributed by atoms with van der Waals surface area (Å²) in [4.78, 5) is 9.64. The second-order valence-corrected chi connectivity index (χ2v) is 1.31. The van der Waals surface area contributed by atoms with Gasteiger partial charge in [0.05, 0.1) is 0 Å². The third-order valence-electron chi connectivity index (χ3n) is 0.416. The zero-order valence-corrected chi connectivity index (χ0v) is 3.12. The fourth-order valence-corrected chi connectivity index (χ4v) is 0.191. The van der Waals surface area contributed by atoms with Gasteiger partial charge in [0.15, 0.2) is 5.50 Å². The number of nitrogens with one attached hydrogen (secondary N) is 1. The minimum absolute atomic E-state index is 0.0633. The molecule has 2 nitrogen and oxygen atoms in total. The van der Waals surface area contributed by atoms with E-state index in [1.807, 2.05) is 0 Å². The number of rotatable bonds is 0. The monoisotopic (exact) mass is 91.0 g/mol. The van der Waals surface area contributed by atoms with Gasteiger partial charge in [-0.3, -0.25) is 4.79 Å².